The molecule has 1 aliphatic heterocycles. The molecule has 1 fully saturated rings. The Labute approximate surface area is 180 Å². The van der Waals surface area contributed by atoms with Crippen molar-refractivity contribution in [3.05, 3.63) is 64.2 Å². The van der Waals surface area contributed by atoms with Gasteiger partial charge in [0.2, 0.25) is 0 Å². The van der Waals surface area contributed by atoms with Crippen LogP contribution in [0.2, 0.25) is 0 Å². The van der Waals surface area contributed by atoms with Gasteiger partial charge in [-0.1, -0.05) is 32.0 Å². The maximum absolute atomic E-state index is 13.0. The Morgan fingerprint density at radius 1 is 1.16 bits per heavy atom. The molecule has 0 atom stereocenters. The largest absolute Gasteiger partial charge is 0.378 e. The smallest absolute Gasteiger partial charge is 0.274 e. The standard InChI is InChI=1S/C23H27N5O3/c1-16(2)15-28-23(30)19-6-4-3-5-18(19)21(26-28)22(29)25-14-17-7-8-24-20(13-17)27-9-11-31-12-10-27/h3-8,13,16H,9-12,14-15H2,1-2H3,(H,25,29). The van der Waals surface area contributed by atoms with Gasteiger partial charge in [0.05, 0.1) is 18.6 Å². The second-order valence-corrected chi connectivity index (χ2v) is 8.08. The molecule has 1 aliphatic rings. The van der Waals surface area contributed by atoms with E-state index in [2.05, 4.69) is 20.3 Å². The summed E-state index contributed by atoms with van der Waals surface area (Å²) < 4.78 is 6.79. The van der Waals surface area contributed by atoms with Gasteiger partial charge in [-0.25, -0.2) is 9.67 Å². The number of carbonyl (C=O) groups is 1. The zero-order chi connectivity index (χ0) is 21.8. The van der Waals surface area contributed by atoms with Crippen LogP contribution in [0.25, 0.3) is 10.8 Å². The third-order valence-corrected chi connectivity index (χ3v) is 5.22. The third kappa shape index (κ3) is 4.74. The Bertz CT molecular complexity index is 1140. The van der Waals surface area contributed by atoms with Crippen molar-refractivity contribution >= 4 is 22.5 Å². The lowest BCUT2D eigenvalue weighted by molar-refractivity contribution is 0.0945. The predicted molar refractivity (Wildman–Crippen MR) is 119 cm³/mol. The van der Waals surface area contributed by atoms with Gasteiger partial charge in [-0.15, -0.1) is 0 Å². The van der Waals surface area contributed by atoms with Crippen LogP contribution in [-0.4, -0.2) is 47.0 Å². The maximum Gasteiger partial charge on any atom is 0.274 e. The monoisotopic (exact) mass is 421 g/mol. The molecule has 8 nitrogen and oxygen atoms in total. The van der Waals surface area contributed by atoms with E-state index in [-0.39, 0.29) is 23.1 Å². The van der Waals surface area contributed by atoms with Gasteiger partial charge in [0, 0.05) is 37.8 Å². The summed E-state index contributed by atoms with van der Waals surface area (Å²) in [4.78, 5) is 32.4. The van der Waals surface area contributed by atoms with Crippen LogP contribution in [0.3, 0.4) is 0 Å². The minimum absolute atomic E-state index is 0.176. The van der Waals surface area contributed by atoms with Crippen molar-refractivity contribution in [2.75, 3.05) is 31.2 Å². The topological polar surface area (TPSA) is 89.3 Å². The number of amides is 1. The number of hydrogen-bond acceptors (Lipinski definition) is 6. The van der Waals surface area contributed by atoms with E-state index in [1.807, 2.05) is 32.0 Å². The lowest BCUT2D eigenvalue weighted by Gasteiger charge is -2.28. The summed E-state index contributed by atoms with van der Waals surface area (Å²) in [5, 5.41) is 8.42. The van der Waals surface area contributed by atoms with Crippen LogP contribution in [0.15, 0.2) is 47.4 Å². The van der Waals surface area contributed by atoms with Gasteiger partial charge in [0.25, 0.3) is 11.5 Å². The van der Waals surface area contributed by atoms with Crippen molar-refractivity contribution in [2.24, 2.45) is 5.92 Å². The molecule has 2 aromatic heterocycles. The molecule has 0 aliphatic carbocycles. The Kier molecular flexibility index (Phi) is 6.27. The summed E-state index contributed by atoms with van der Waals surface area (Å²) in [5.41, 5.74) is 1.04. The second kappa shape index (κ2) is 9.26. The van der Waals surface area contributed by atoms with E-state index in [0.29, 0.717) is 37.1 Å². The number of hydrogen-bond donors (Lipinski definition) is 1. The summed E-state index contributed by atoms with van der Waals surface area (Å²) in [7, 11) is 0. The van der Waals surface area contributed by atoms with Gasteiger partial charge in [0.15, 0.2) is 5.69 Å². The Balaban J connectivity index is 1.56. The number of aromatic nitrogens is 3. The number of carbonyl (C=O) groups excluding carboxylic acids is 1. The molecule has 0 saturated carbocycles. The number of anilines is 1. The highest BCUT2D eigenvalue weighted by molar-refractivity contribution is 6.04. The minimum atomic E-state index is -0.307. The second-order valence-electron chi connectivity index (χ2n) is 8.08. The third-order valence-electron chi connectivity index (χ3n) is 5.22. The van der Waals surface area contributed by atoms with Gasteiger partial charge in [-0.3, -0.25) is 9.59 Å². The molecular formula is C23H27N5O3. The van der Waals surface area contributed by atoms with Crippen LogP contribution in [0.5, 0.6) is 0 Å². The van der Waals surface area contributed by atoms with Gasteiger partial charge >= 0.3 is 0 Å². The van der Waals surface area contributed by atoms with Crippen LogP contribution in [0, 0.1) is 5.92 Å². The molecule has 1 saturated heterocycles. The number of ether oxygens (including phenoxy) is 1. The van der Waals surface area contributed by atoms with E-state index in [9.17, 15) is 9.59 Å². The summed E-state index contributed by atoms with van der Waals surface area (Å²) in [5.74, 6) is 0.806. The van der Waals surface area contributed by atoms with Crippen molar-refractivity contribution in [3.8, 4) is 0 Å². The molecule has 0 radical (unpaired) electrons. The molecule has 0 unspecified atom stereocenters. The van der Waals surface area contributed by atoms with Crippen LogP contribution >= 0.6 is 0 Å². The van der Waals surface area contributed by atoms with E-state index >= 15 is 0 Å². The fraction of sp³-hybridized carbons (Fsp3) is 0.391. The number of nitrogens with zero attached hydrogens (tertiary/aromatic N) is 4. The van der Waals surface area contributed by atoms with Crippen molar-refractivity contribution in [3.63, 3.8) is 0 Å². The predicted octanol–water partition coefficient (Wildman–Crippen LogP) is 2.21. The van der Waals surface area contributed by atoms with Gasteiger partial charge < -0.3 is 15.0 Å². The molecule has 1 amide bonds. The number of morpholine rings is 1. The van der Waals surface area contributed by atoms with Gasteiger partial charge in [-0.2, -0.15) is 5.10 Å². The molecule has 1 N–H and O–H groups in total. The molecule has 1 aromatic carbocycles. The van der Waals surface area contributed by atoms with Gasteiger partial charge in [-0.05, 0) is 29.7 Å². The maximum atomic E-state index is 13.0. The van der Waals surface area contributed by atoms with Crippen molar-refractivity contribution in [1.82, 2.24) is 20.1 Å². The summed E-state index contributed by atoms with van der Waals surface area (Å²) >= 11 is 0. The minimum Gasteiger partial charge on any atom is -0.378 e. The lowest BCUT2D eigenvalue weighted by atomic mass is 10.1. The Morgan fingerprint density at radius 2 is 1.90 bits per heavy atom. The molecule has 3 heterocycles. The highest BCUT2D eigenvalue weighted by Gasteiger charge is 2.17. The first-order valence-electron chi connectivity index (χ1n) is 10.6. The van der Waals surface area contributed by atoms with E-state index < -0.39 is 0 Å². The molecule has 0 bridgehead atoms. The molecule has 8 heteroatoms. The molecular weight excluding hydrogens is 394 g/mol. The van der Waals surface area contributed by atoms with Crippen LogP contribution in [0.4, 0.5) is 5.82 Å². The zero-order valence-electron chi connectivity index (χ0n) is 17.9. The zero-order valence-corrected chi connectivity index (χ0v) is 17.9. The van der Waals surface area contributed by atoms with E-state index in [1.165, 1.54) is 4.68 Å². The molecule has 162 valence electrons. The van der Waals surface area contributed by atoms with E-state index in [4.69, 9.17) is 4.74 Å². The van der Waals surface area contributed by atoms with Crippen LogP contribution < -0.4 is 15.8 Å². The fourth-order valence-electron chi connectivity index (χ4n) is 3.67. The van der Waals surface area contributed by atoms with Crippen molar-refractivity contribution < 1.29 is 9.53 Å². The van der Waals surface area contributed by atoms with E-state index in [1.54, 1.807) is 24.4 Å². The average molecular weight is 422 g/mol. The Hall–Kier alpha value is -3.26. The number of pyridine rings is 1. The summed E-state index contributed by atoms with van der Waals surface area (Å²) in [6.07, 6.45) is 1.75. The quantitative estimate of drug-likeness (QED) is 0.657. The van der Waals surface area contributed by atoms with Crippen LogP contribution in [0.1, 0.15) is 29.9 Å². The highest BCUT2D eigenvalue weighted by atomic mass is 16.5. The number of benzene rings is 1. The lowest BCUT2D eigenvalue weighted by Crippen LogP contribution is -2.36. The molecule has 3 aromatic rings. The van der Waals surface area contributed by atoms with Crippen molar-refractivity contribution in [2.45, 2.75) is 26.9 Å². The number of rotatable bonds is 6. The number of nitrogens with one attached hydrogen (secondary N) is 1. The molecule has 4 rings (SSSR count). The summed E-state index contributed by atoms with van der Waals surface area (Å²) in [6, 6.07) is 11.0. The SMILES string of the molecule is CC(C)Cn1nc(C(=O)NCc2ccnc(N3CCOCC3)c2)c2ccccc2c1=O. The first-order valence-corrected chi connectivity index (χ1v) is 10.6. The van der Waals surface area contributed by atoms with Crippen LogP contribution in [-0.2, 0) is 17.8 Å². The first kappa shape index (κ1) is 21.0. The highest BCUT2D eigenvalue weighted by Crippen LogP contribution is 2.16. The molecule has 0 spiro atoms. The average Bonchev–Trinajstić information content (AvgIpc) is 2.80. The normalized spacial score (nSPS) is 14.2. The first-order chi connectivity index (χ1) is 15.0. The van der Waals surface area contributed by atoms with E-state index in [0.717, 1.165) is 24.5 Å². The summed E-state index contributed by atoms with van der Waals surface area (Å²) in [6.45, 7) is 7.81. The van der Waals surface area contributed by atoms with Gasteiger partial charge in [0.1, 0.15) is 5.82 Å². The molecule has 31 heavy (non-hydrogen) atoms. The van der Waals surface area contributed by atoms with Crippen molar-refractivity contribution in [1.29, 1.82) is 0 Å². The number of fused-ring (bicyclic) bond motifs is 1. The fourth-order valence-corrected chi connectivity index (χ4v) is 3.67. The Morgan fingerprint density at radius 3 is 2.65 bits per heavy atom.